The molecule has 1 heterocycles. The lowest BCUT2D eigenvalue weighted by Gasteiger charge is -2.15. The van der Waals surface area contributed by atoms with Gasteiger partial charge in [-0.25, -0.2) is 4.98 Å². The van der Waals surface area contributed by atoms with Crippen LogP contribution >= 0.6 is 0 Å². The monoisotopic (exact) mass is 232 g/mol. The average Bonchev–Trinajstić information content (AvgIpc) is 2.61. The molecule has 2 rings (SSSR count). The molecule has 4 nitrogen and oxygen atoms in total. The summed E-state index contributed by atoms with van der Waals surface area (Å²) in [6.07, 6.45) is 0. The molecule has 4 heteroatoms. The number of hydrogen-bond donors (Lipinski definition) is 1. The molecule has 2 N–H and O–H groups in total. The molecule has 0 radical (unpaired) electrons. The highest BCUT2D eigenvalue weighted by Crippen LogP contribution is 2.18. The van der Waals surface area contributed by atoms with Crippen LogP contribution in [0.4, 0.5) is 5.69 Å². The topological polar surface area (TPSA) is 47.1 Å². The standard InChI is InChI=1S/C13H20N4/c1-4-16(3)7-8-17-10(2)15-12-9-11(14)5-6-13(12)17/h5-6,9H,4,7-8,14H2,1-3H3. The van der Waals surface area contributed by atoms with Crippen LogP contribution in [0.1, 0.15) is 12.7 Å². The van der Waals surface area contributed by atoms with Crippen LogP contribution in [0.5, 0.6) is 0 Å². The molecule has 0 spiro atoms. The van der Waals surface area contributed by atoms with Crippen molar-refractivity contribution >= 4 is 16.7 Å². The van der Waals surface area contributed by atoms with Crippen LogP contribution in [-0.2, 0) is 6.54 Å². The van der Waals surface area contributed by atoms with Crippen molar-refractivity contribution in [2.24, 2.45) is 0 Å². The minimum Gasteiger partial charge on any atom is -0.399 e. The summed E-state index contributed by atoms with van der Waals surface area (Å²) < 4.78 is 2.25. The van der Waals surface area contributed by atoms with Gasteiger partial charge in [-0.05, 0) is 38.7 Å². The Morgan fingerprint density at radius 2 is 2.18 bits per heavy atom. The van der Waals surface area contributed by atoms with Crippen molar-refractivity contribution in [2.75, 3.05) is 25.9 Å². The molecule has 0 aliphatic rings. The van der Waals surface area contributed by atoms with Gasteiger partial charge in [0.1, 0.15) is 5.82 Å². The Labute approximate surface area is 102 Å². The molecular weight excluding hydrogens is 212 g/mol. The van der Waals surface area contributed by atoms with Crippen LogP contribution in [0.3, 0.4) is 0 Å². The molecule has 0 aliphatic heterocycles. The highest BCUT2D eigenvalue weighted by Gasteiger charge is 2.07. The van der Waals surface area contributed by atoms with E-state index in [9.17, 15) is 0 Å². The summed E-state index contributed by atoms with van der Waals surface area (Å²) in [5.41, 5.74) is 8.70. The second-order valence-corrected chi connectivity index (χ2v) is 4.45. The fourth-order valence-corrected chi connectivity index (χ4v) is 1.98. The number of anilines is 1. The van der Waals surface area contributed by atoms with Gasteiger partial charge in [0.2, 0.25) is 0 Å². The predicted octanol–water partition coefficient (Wildman–Crippen LogP) is 1.88. The minimum absolute atomic E-state index is 0.771. The number of benzene rings is 1. The molecule has 17 heavy (non-hydrogen) atoms. The van der Waals surface area contributed by atoms with Crippen molar-refractivity contribution in [2.45, 2.75) is 20.4 Å². The first kappa shape index (κ1) is 11.9. The van der Waals surface area contributed by atoms with E-state index < -0.39 is 0 Å². The zero-order valence-electron chi connectivity index (χ0n) is 10.8. The van der Waals surface area contributed by atoms with E-state index in [1.807, 2.05) is 19.1 Å². The lowest BCUT2D eigenvalue weighted by atomic mass is 10.3. The summed E-state index contributed by atoms with van der Waals surface area (Å²) in [6.45, 7) is 7.28. The Kier molecular flexibility index (Phi) is 3.33. The molecule has 0 amide bonds. The van der Waals surface area contributed by atoms with Crippen LogP contribution in [0.2, 0.25) is 0 Å². The molecule has 1 aromatic heterocycles. The van der Waals surface area contributed by atoms with Crippen molar-refractivity contribution in [3.63, 3.8) is 0 Å². The number of aromatic nitrogens is 2. The molecule has 0 unspecified atom stereocenters. The maximum atomic E-state index is 5.77. The van der Waals surface area contributed by atoms with Crippen LogP contribution < -0.4 is 5.73 Å². The fraction of sp³-hybridized carbons (Fsp3) is 0.462. The van der Waals surface area contributed by atoms with E-state index >= 15 is 0 Å². The lowest BCUT2D eigenvalue weighted by molar-refractivity contribution is 0.336. The summed E-state index contributed by atoms with van der Waals surface area (Å²) >= 11 is 0. The second kappa shape index (κ2) is 4.75. The van der Waals surface area contributed by atoms with Crippen LogP contribution in [0.25, 0.3) is 11.0 Å². The predicted molar refractivity (Wildman–Crippen MR) is 72.1 cm³/mol. The number of rotatable bonds is 4. The van der Waals surface area contributed by atoms with Crippen molar-refractivity contribution < 1.29 is 0 Å². The summed E-state index contributed by atoms with van der Waals surface area (Å²) in [6, 6.07) is 5.92. The smallest absolute Gasteiger partial charge is 0.106 e. The van der Waals surface area contributed by atoms with Gasteiger partial charge in [0, 0.05) is 18.8 Å². The Hall–Kier alpha value is -1.55. The van der Waals surface area contributed by atoms with Gasteiger partial charge < -0.3 is 15.2 Å². The van der Waals surface area contributed by atoms with E-state index in [1.165, 1.54) is 5.52 Å². The molecule has 0 saturated carbocycles. The Morgan fingerprint density at radius 1 is 1.41 bits per heavy atom. The molecule has 0 aliphatic carbocycles. The molecule has 0 atom stereocenters. The first-order valence-corrected chi connectivity index (χ1v) is 6.02. The number of hydrogen-bond acceptors (Lipinski definition) is 3. The number of nitrogens with zero attached hydrogens (tertiary/aromatic N) is 3. The lowest BCUT2D eigenvalue weighted by Crippen LogP contribution is -2.23. The van der Waals surface area contributed by atoms with E-state index in [4.69, 9.17) is 5.73 Å². The van der Waals surface area contributed by atoms with Gasteiger partial charge in [-0.2, -0.15) is 0 Å². The van der Waals surface area contributed by atoms with Crippen molar-refractivity contribution in [3.05, 3.63) is 24.0 Å². The molecule has 0 saturated heterocycles. The Balaban J connectivity index is 2.30. The van der Waals surface area contributed by atoms with Crippen LogP contribution in [0, 0.1) is 6.92 Å². The van der Waals surface area contributed by atoms with E-state index in [1.54, 1.807) is 0 Å². The van der Waals surface area contributed by atoms with E-state index in [0.29, 0.717) is 0 Å². The normalized spacial score (nSPS) is 11.5. The van der Waals surface area contributed by atoms with Crippen molar-refractivity contribution in [1.29, 1.82) is 0 Å². The van der Waals surface area contributed by atoms with Gasteiger partial charge in [0.05, 0.1) is 11.0 Å². The quantitative estimate of drug-likeness (QED) is 0.819. The molecule has 92 valence electrons. The van der Waals surface area contributed by atoms with E-state index in [0.717, 1.165) is 36.7 Å². The fourth-order valence-electron chi connectivity index (χ4n) is 1.98. The number of imidazole rings is 1. The Morgan fingerprint density at radius 3 is 2.88 bits per heavy atom. The zero-order chi connectivity index (χ0) is 12.4. The van der Waals surface area contributed by atoms with Gasteiger partial charge in [0.15, 0.2) is 0 Å². The second-order valence-electron chi connectivity index (χ2n) is 4.45. The number of aryl methyl sites for hydroxylation is 1. The number of nitrogen functional groups attached to an aromatic ring is 1. The minimum atomic E-state index is 0.771. The summed E-state index contributed by atoms with van der Waals surface area (Å²) in [5.74, 6) is 1.05. The first-order valence-electron chi connectivity index (χ1n) is 6.02. The van der Waals surface area contributed by atoms with Crippen LogP contribution in [-0.4, -0.2) is 34.6 Å². The van der Waals surface area contributed by atoms with Gasteiger partial charge in [-0.15, -0.1) is 0 Å². The summed E-state index contributed by atoms with van der Waals surface area (Å²) in [5, 5.41) is 0. The average molecular weight is 232 g/mol. The molecular formula is C13H20N4. The largest absolute Gasteiger partial charge is 0.399 e. The van der Waals surface area contributed by atoms with E-state index in [2.05, 4.69) is 34.5 Å². The van der Waals surface area contributed by atoms with Gasteiger partial charge in [-0.1, -0.05) is 6.92 Å². The highest BCUT2D eigenvalue weighted by molar-refractivity contribution is 5.79. The maximum Gasteiger partial charge on any atom is 0.106 e. The SMILES string of the molecule is CCN(C)CCn1c(C)nc2cc(N)ccc21. The molecule has 0 fully saturated rings. The molecule has 1 aromatic carbocycles. The summed E-state index contributed by atoms with van der Waals surface area (Å²) in [7, 11) is 2.13. The van der Waals surface area contributed by atoms with E-state index in [-0.39, 0.29) is 0 Å². The molecule has 2 aromatic rings. The first-order chi connectivity index (χ1) is 8.11. The third kappa shape index (κ3) is 2.42. The summed E-state index contributed by atoms with van der Waals surface area (Å²) in [4.78, 5) is 6.84. The maximum absolute atomic E-state index is 5.77. The van der Waals surface area contributed by atoms with Crippen molar-refractivity contribution in [3.8, 4) is 0 Å². The third-order valence-corrected chi connectivity index (χ3v) is 3.21. The van der Waals surface area contributed by atoms with Crippen LogP contribution in [0.15, 0.2) is 18.2 Å². The number of likely N-dealkylation sites (N-methyl/N-ethyl adjacent to an activating group) is 1. The zero-order valence-corrected chi connectivity index (χ0v) is 10.8. The molecule has 0 bridgehead atoms. The Bertz CT molecular complexity index is 515. The number of nitrogens with two attached hydrogens (primary N) is 1. The van der Waals surface area contributed by atoms with Gasteiger partial charge >= 0.3 is 0 Å². The van der Waals surface area contributed by atoms with Gasteiger partial charge in [-0.3, -0.25) is 0 Å². The van der Waals surface area contributed by atoms with Gasteiger partial charge in [0.25, 0.3) is 0 Å². The van der Waals surface area contributed by atoms with Crippen molar-refractivity contribution in [1.82, 2.24) is 14.5 Å². The highest BCUT2D eigenvalue weighted by atomic mass is 15.1. The third-order valence-electron chi connectivity index (χ3n) is 3.21. The number of fused-ring (bicyclic) bond motifs is 1.